The highest BCUT2D eigenvalue weighted by Crippen LogP contribution is 2.17. The molecule has 2 heterocycles. The van der Waals surface area contributed by atoms with Crippen molar-refractivity contribution in [1.29, 1.82) is 0 Å². The number of carbonyl (C=O) groups excluding carboxylic acids is 2. The first-order valence-corrected chi connectivity index (χ1v) is 7.85. The molecule has 0 bridgehead atoms. The Morgan fingerprint density at radius 2 is 2.13 bits per heavy atom. The van der Waals surface area contributed by atoms with Crippen LogP contribution in [0.15, 0.2) is 24.5 Å². The Labute approximate surface area is 136 Å². The lowest BCUT2D eigenvalue weighted by Gasteiger charge is -2.15. The second kappa shape index (κ2) is 8.43. The summed E-state index contributed by atoms with van der Waals surface area (Å²) in [6.07, 6.45) is 6.75. The molecule has 0 aromatic carbocycles. The predicted octanol–water partition coefficient (Wildman–Crippen LogP) is 2.22. The Morgan fingerprint density at radius 1 is 1.35 bits per heavy atom. The molecule has 23 heavy (non-hydrogen) atoms. The molecule has 0 radical (unpaired) electrons. The molecule has 0 atom stereocenters. The first kappa shape index (κ1) is 17.1. The van der Waals surface area contributed by atoms with E-state index in [9.17, 15) is 9.59 Å². The van der Waals surface area contributed by atoms with Crippen molar-refractivity contribution in [1.82, 2.24) is 14.5 Å². The predicted molar refractivity (Wildman–Crippen MR) is 88.1 cm³/mol. The molecule has 0 aliphatic rings. The highest BCUT2D eigenvalue weighted by molar-refractivity contribution is 6.00. The van der Waals surface area contributed by atoms with Gasteiger partial charge in [0, 0.05) is 13.0 Å². The Kier molecular flexibility index (Phi) is 6.29. The summed E-state index contributed by atoms with van der Waals surface area (Å²) in [5.41, 5.74) is 1.41. The second-order valence-electron chi connectivity index (χ2n) is 5.62. The van der Waals surface area contributed by atoms with E-state index in [1.165, 1.54) is 6.92 Å². The number of carbonyl (C=O) groups is 2. The van der Waals surface area contributed by atoms with Gasteiger partial charge in [0.25, 0.3) is 0 Å². The van der Waals surface area contributed by atoms with Crippen LogP contribution in [0.5, 0.6) is 5.75 Å². The largest absolute Gasteiger partial charge is 0.492 e. The van der Waals surface area contributed by atoms with Gasteiger partial charge < -0.3 is 14.4 Å². The number of aromatic nitrogens is 2. The van der Waals surface area contributed by atoms with Gasteiger partial charge in [0.15, 0.2) is 5.78 Å². The highest BCUT2D eigenvalue weighted by Gasteiger charge is 2.08. The Bertz CT molecular complexity index is 666. The van der Waals surface area contributed by atoms with E-state index in [1.54, 1.807) is 16.9 Å². The molecule has 0 saturated heterocycles. The third-order valence-corrected chi connectivity index (χ3v) is 3.68. The number of hydrogen-bond donors (Lipinski definition) is 0. The molecule has 0 aliphatic heterocycles. The van der Waals surface area contributed by atoms with Gasteiger partial charge in [-0.05, 0) is 45.5 Å². The van der Waals surface area contributed by atoms with Crippen LogP contribution < -0.4 is 4.74 Å². The average molecular weight is 317 g/mol. The molecule has 0 unspecified atom stereocenters. The van der Waals surface area contributed by atoms with Crippen LogP contribution in [0.2, 0.25) is 0 Å². The number of hydrogen-bond acceptors (Lipinski definition) is 5. The van der Waals surface area contributed by atoms with Gasteiger partial charge in [0.1, 0.15) is 12.0 Å². The van der Waals surface area contributed by atoms with E-state index in [2.05, 4.69) is 10.00 Å². The van der Waals surface area contributed by atoms with Crippen molar-refractivity contribution >= 4 is 17.6 Å². The van der Waals surface area contributed by atoms with Gasteiger partial charge >= 0.3 is 0 Å². The number of nitrogens with zero attached hydrogens (tertiary/aromatic N) is 3. The van der Waals surface area contributed by atoms with Crippen LogP contribution in [0.25, 0.3) is 5.52 Å². The zero-order valence-corrected chi connectivity index (χ0v) is 13.7. The number of fused-ring (bicyclic) bond motifs is 1. The molecule has 0 fully saturated rings. The third kappa shape index (κ3) is 4.89. The summed E-state index contributed by atoms with van der Waals surface area (Å²) >= 11 is 0. The minimum absolute atomic E-state index is 0.00582. The minimum atomic E-state index is 0.00582. The number of ketones is 1. The molecule has 6 nitrogen and oxygen atoms in total. The van der Waals surface area contributed by atoms with Gasteiger partial charge in [-0.15, -0.1) is 0 Å². The number of aldehydes is 1. The Balaban J connectivity index is 1.79. The summed E-state index contributed by atoms with van der Waals surface area (Å²) < 4.78 is 7.40. The van der Waals surface area contributed by atoms with Crippen molar-refractivity contribution in [2.45, 2.75) is 26.2 Å². The number of rotatable bonds is 10. The maximum Gasteiger partial charge on any atom is 0.163 e. The smallest absolute Gasteiger partial charge is 0.163 e. The summed E-state index contributed by atoms with van der Waals surface area (Å²) in [6.45, 7) is 4.00. The Hall–Kier alpha value is -2.21. The van der Waals surface area contributed by atoms with Crippen LogP contribution in [0.4, 0.5) is 0 Å². The maximum atomic E-state index is 11.5. The quantitative estimate of drug-likeness (QED) is 0.382. The summed E-state index contributed by atoms with van der Waals surface area (Å²) in [5, 5.41) is 4.18. The summed E-state index contributed by atoms with van der Waals surface area (Å²) in [5.74, 6) is 0.741. The van der Waals surface area contributed by atoms with Crippen LogP contribution in [-0.2, 0) is 4.79 Å². The zero-order valence-electron chi connectivity index (χ0n) is 13.7. The first-order valence-electron chi connectivity index (χ1n) is 7.85. The van der Waals surface area contributed by atoms with Crippen molar-refractivity contribution in [3.05, 3.63) is 30.1 Å². The lowest BCUT2D eigenvalue weighted by molar-refractivity contribution is -0.108. The van der Waals surface area contributed by atoms with E-state index in [1.807, 2.05) is 19.2 Å². The number of pyridine rings is 1. The molecule has 0 N–H and O–H groups in total. The molecule has 2 aromatic heterocycles. The Morgan fingerprint density at radius 3 is 2.87 bits per heavy atom. The second-order valence-corrected chi connectivity index (χ2v) is 5.62. The van der Waals surface area contributed by atoms with Gasteiger partial charge in [-0.3, -0.25) is 4.79 Å². The van der Waals surface area contributed by atoms with Crippen molar-refractivity contribution in [2.75, 3.05) is 26.7 Å². The van der Waals surface area contributed by atoms with E-state index < -0.39 is 0 Å². The van der Waals surface area contributed by atoms with Crippen LogP contribution >= 0.6 is 0 Å². The number of unbranched alkanes of at least 4 members (excludes halogenated alkanes) is 1. The zero-order chi connectivity index (χ0) is 16.7. The fraction of sp³-hybridized carbons (Fsp3) is 0.471. The fourth-order valence-corrected chi connectivity index (χ4v) is 2.40. The topological polar surface area (TPSA) is 63.9 Å². The van der Waals surface area contributed by atoms with Crippen molar-refractivity contribution in [2.24, 2.45) is 0 Å². The number of ether oxygens (including phenoxy) is 1. The minimum Gasteiger partial charge on any atom is -0.492 e. The number of Topliss-reactive ketones (excluding diaryl/α,β-unsaturated/α-hetero) is 1. The molecular formula is C17H23N3O3. The molecule has 2 rings (SSSR count). The van der Waals surface area contributed by atoms with E-state index in [4.69, 9.17) is 4.74 Å². The van der Waals surface area contributed by atoms with Crippen LogP contribution in [-0.4, -0.2) is 53.3 Å². The average Bonchev–Trinajstić information content (AvgIpc) is 2.95. The molecule has 0 aliphatic carbocycles. The molecule has 0 saturated carbocycles. The van der Waals surface area contributed by atoms with Crippen LogP contribution in [0, 0.1) is 0 Å². The van der Waals surface area contributed by atoms with E-state index in [-0.39, 0.29) is 5.78 Å². The van der Waals surface area contributed by atoms with Crippen molar-refractivity contribution in [3.8, 4) is 5.75 Å². The van der Waals surface area contributed by atoms with Crippen molar-refractivity contribution in [3.63, 3.8) is 0 Å². The van der Waals surface area contributed by atoms with Gasteiger partial charge in [-0.1, -0.05) is 0 Å². The SMILES string of the molecule is CC(=O)c1cnn2cc(OCCCN(C)CCCC=O)ccc12. The van der Waals surface area contributed by atoms with E-state index >= 15 is 0 Å². The van der Waals surface area contributed by atoms with Crippen LogP contribution in [0.1, 0.15) is 36.5 Å². The molecular weight excluding hydrogens is 294 g/mol. The molecule has 2 aromatic rings. The molecule has 0 spiro atoms. The van der Waals surface area contributed by atoms with Gasteiger partial charge in [-0.2, -0.15) is 5.10 Å². The summed E-state index contributed by atoms with van der Waals surface area (Å²) in [6, 6.07) is 3.71. The summed E-state index contributed by atoms with van der Waals surface area (Å²) in [7, 11) is 2.05. The van der Waals surface area contributed by atoms with E-state index in [0.717, 1.165) is 43.5 Å². The standard InChI is InChI=1S/C17H23N3O3/c1-14(22)16-12-18-20-13-15(6-7-17(16)20)23-11-5-9-19(2)8-3-4-10-21/h6-7,10,12-13H,3-5,8-9,11H2,1-2H3. The lowest BCUT2D eigenvalue weighted by Crippen LogP contribution is -2.22. The normalized spacial score (nSPS) is 11.1. The molecule has 0 amide bonds. The molecule has 124 valence electrons. The highest BCUT2D eigenvalue weighted by atomic mass is 16.5. The summed E-state index contributed by atoms with van der Waals surface area (Å²) in [4.78, 5) is 23.9. The van der Waals surface area contributed by atoms with Gasteiger partial charge in [0.05, 0.1) is 30.1 Å². The third-order valence-electron chi connectivity index (χ3n) is 3.68. The van der Waals surface area contributed by atoms with Gasteiger partial charge in [-0.25, -0.2) is 4.52 Å². The van der Waals surface area contributed by atoms with E-state index in [0.29, 0.717) is 18.6 Å². The first-order chi connectivity index (χ1) is 11.1. The van der Waals surface area contributed by atoms with Crippen LogP contribution in [0.3, 0.4) is 0 Å². The van der Waals surface area contributed by atoms with Gasteiger partial charge in [0.2, 0.25) is 0 Å². The van der Waals surface area contributed by atoms with Crippen molar-refractivity contribution < 1.29 is 14.3 Å². The maximum absolute atomic E-state index is 11.5. The molecule has 6 heteroatoms. The lowest BCUT2D eigenvalue weighted by atomic mass is 10.2. The fourth-order valence-electron chi connectivity index (χ4n) is 2.40. The monoisotopic (exact) mass is 317 g/mol.